The lowest BCUT2D eigenvalue weighted by Gasteiger charge is -2.08. The summed E-state index contributed by atoms with van der Waals surface area (Å²) in [4.78, 5) is 14.2. The van der Waals surface area contributed by atoms with Crippen molar-refractivity contribution in [2.45, 2.75) is 32.3 Å². The average Bonchev–Trinajstić information content (AvgIpc) is 3.01. The number of hydrogen-bond donors (Lipinski definition) is 0. The third-order valence-electron chi connectivity index (χ3n) is 2.34. The Kier molecular flexibility index (Phi) is 2.53. The van der Waals surface area contributed by atoms with Crippen LogP contribution in [0.5, 0.6) is 5.75 Å². The molecular formula is C10H12N2O3. The van der Waals surface area contributed by atoms with Gasteiger partial charge in [-0.3, -0.25) is 15.1 Å². The molecule has 1 heterocycles. The van der Waals surface area contributed by atoms with Gasteiger partial charge in [0.05, 0.1) is 11.0 Å². The summed E-state index contributed by atoms with van der Waals surface area (Å²) in [6, 6.07) is 0. The van der Waals surface area contributed by atoms with Crippen molar-refractivity contribution in [2.24, 2.45) is 0 Å². The van der Waals surface area contributed by atoms with Gasteiger partial charge >= 0.3 is 5.69 Å². The van der Waals surface area contributed by atoms with Crippen LogP contribution in [-0.2, 0) is 6.42 Å². The number of aryl methyl sites for hydroxylation is 1. The first-order valence-electron chi connectivity index (χ1n) is 5.00. The summed E-state index contributed by atoms with van der Waals surface area (Å²) in [6.07, 6.45) is 5.71. The van der Waals surface area contributed by atoms with Gasteiger partial charge in [-0.05, 0) is 19.3 Å². The SMILES string of the molecule is CCc1cncc([N+](=O)[O-])c1OC1CC1. The third kappa shape index (κ3) is 2.06. The molecule has 1 aromatic rings. The van der Waals surface area contributed by atoms with E-state index >= 15 is 0 Å². The first-order chi connectivity index (χ1) is 7.22. The van der Waals surface area contributed by atoms with Crippen LogP contribution in [-0.4, -0.2) is 16.0 Å². The molecule has 0 atom stereocenters. The molecule has 0 amide bonds. The standard InChI is InChI=1S/C10H12N2O3/c1-2-7-5-11-6-9(12(13)14)10(7)15-8-3-4-8/h5-6,8H,2-4H2,1H3. The predicted molar refractivity (Wildman–Crippen MR) is 53.9 cm³/mol. The quantitative estimate of drug-likeness (QED) is 0.561. The van der Waals surface area contributed by atoms with Crippen LogP contribution >= 0.6 is 0 Å². The van der Waals surface area contributed by atoms with Crippen LogP contribution in [0.4, 0.5) is 5.69 Å². The molecule has 2 rings (SSSR count). The largest absolute Gasteiger partial charge is 0.483 e. The Morgan fingerprint density at radius 1 is 1.60 bits per heavy atom. The molecule has 0 bridgehead atoms. The van der Waals surface area contributed by atoms with Crippen LogP contribution in [0.3, 0.4) is 0 Å². The lowest BCUT2D eigenvalue weighted by atomic mass is 10.2. The van der Waals surface area contributed by atoms with E-state index in [1.807, 2.05) is 6.92 Å². The van der Waals surface area contributed by atoms with Crippen LogP contribution in [0.15, 0.2) is 12.4 Å². The zero-order valence-electron chi connectivity index (χ0n) is 8.47. The van der Waals surface area contributed by atoms with E-state index in [-0.39, 0.29) is 11.8 Å². The maximum Gasteiger partial charge on any atom is 0.329 e. The summed E-state index contributed by atoms with van der Waals surface area (Å²) < 4.78 is 5.56. The van der Waals surface area contributed by atoms with Gasteiger partial charge in [0.15, 0.2) is 0 Å². The Balaban J connectivity index is 2.38. The van der Waals surface area contributed by atoms with Gasteiger partial charge in [-0.15, -0.1) is 0 Å². The number of ether oxygens (including phenoxy) is 1. The second-order valence-electron chi connectivity index (χ2n) is 3.57. The van der Waals surface area contributed by atoms with Crippen molar-refractivity contribution in [3.05, 3.63) is 28.1 Å². The molecule has 0 saturated heterocycles. The Bertz CT molecular complexity index is 388. The smallest absolute Gasteiger partial charge is 0.329 e. The summed E-state index contributed by atoms with van der Waals surface area (Å²) >= 11 is 0. The fourth-order valence-corrected chi connectivity index (χ4v) is 1.35. The van der Waals surface area contributed by atoms with Gasteiger partial charge in [0.25, 0.3) is 0 Å². The summed E-state index contributed by atoms with van der Waals surface area (Å²) in [5.41, 5.74) is 0.775. The molecule has 80 valence electrons. The number of rotatable bonds is 4. The Labute approximate surface area is 87.2 Å². The van der Waals surface area contributed by atoms with E-state index < -0.39 is 4.92 Å². The monoisotopic (exact) mass is 208 g/mol. The molecule has 0 spiro atoms. The highest BCUT2D eigenvalue weighted by atomic mass is 16.6. The number of nitrogens with zero attached hydrogens (tertiary/aromatic N) is 2. The molecule has 15 heavy (non-hydrogen) atoms. The lowest BCUT2D eigenvalue weighted by Crippen LogP contribution is -2.03. The normalized spacial score (nSPS) is 15.0. The highest BCUT2D eigenvalue weighted by Gasteiger charge is 2.28. The van der Waals surface area contributed by atoms with Gasteiger partial charge in [-0.25, -0.2) is 0 Å². The van der Waals surface area contributed by atoms with E-state index in [0.29, 0.717) is 12.2 Å². The minimum atomic E-state index is -0.441. The van der Waals surface area contributed by atoms with Crippen LogP contribution in [0.1, 0.15) is 25.3 Å². The van der Waals surface area contributed by atoms with Crippen molar-refractivity contribution in [1.29, 1.82) is 0 Å². The third-order valence-corrected chi connectivity index (χ3v) is 2.34. The summed E-state index contributed by atoms with van der Waals surface area (Å²) in [5.74, 6) is 0.403. The van der Waals surface area contributed by atoms with Crippen molar-refractivity contribution in [1.82, 2.24) is 4.98 Å². The summed E-state index contributed by atoms with van der Waals surface area (Å²) in [7, 11) is 0. The van der Waals surface area contributed by atoms with Crippen LogP contribution in [0, 0.1) is 10.1 Å². The van der Waals surface area contributed by atoms with Gasteiger partial charge in [-0.1, -0.05) is 6.92 Å². The van der Waals surface area contributed by atoms with E-state index in [1.54, 1.807) is 6.20 Å². The van der Waals surface area contributed by atoms with E-state index in [2.05, 4.69) is 4.98 Å². The van der Waals surface area contributed by atoms with E-state index in [4.69, 9.17) is 4.74 Å². The van der Waals surface area contributed by atoms with Gasteiger partial charge in [-0.2, -0.15) is 0 Å². The maximum atomic E-state index is 10.8. The molecular weight excluding hydrogens is 196 g/mol. The molecule has 1 aliphatic carbocycles. The van der Waals surface area contributed by atoms with Crippen LogP contribution < -0.4 is 4.74 Å². The number of nitro groups is 1. The molecule has 5 nitrogen and oxygen atoms in total. The van der Waals surface area contributed by atoms with E-state index in [0.717, 1.165) is 18.4 Å². The van der Waals surface area contributed by atoms with Crippen molar-refractivity contribution in [2.75, 3.05) is 0 Å². The van der Waals surface area contributed by atoms with Crippen molar-refractivity contribution < 1.29 is 9.66 Å². The molecule has 0 N–H and O–H groups in total. The Hall–Kier alpha value is -1.65. The maximum absolute atomic E-state index is 10.8. The van der Waals surface area contributed by atoms with Crippen LogP contribution in [0.25, 0.3) is 0 Å². The molecule has 1 fully saturated rings. The fourth-order valence-electron chi connectivity index (χ4n) is 1.35. The molecule has 1 aromatic heterocycles. The average molecular weight is 208 g/mol. The van der Waals surface area contributed by atoms with E-state index in [9.17, 15) is 10.1 Å². The molecule has 0 aromatic carbocycles. The van der Waals surface area contributed by atoms with Crippen molar-refractivity contribution >= 4 is 5.69 Å². The minimum Gasteiger partial charge on any atom is -0.483 e. The summed E-state index contributed by atoms with van der Waals surface area (Å²) in [6.45, 7) is 1.93. The number of pyridine rings is 1. The highest BCUT2D eigenvalue weighted by Crippen LogP contribution is 2.35. The van der Waals surface area contributed by atoms with Gasteiger partial charge in [0, 0.05) is 11.8 Å². The zero-order chi connectivity index (χ0) is 10.8. The Morgan fingerprint density at radius 3 is 2.87 bits per heavy atom. The number of aromatic nitrogens is 1. The van der Waals surface area contributed by atoms with Gasteiger partial charge < -0.3 is 4.74 Å². The topological polar surface area (TPSA) is 65.3 Å². The minimum absolute atomic E-state index is 0.0266. The van der Waals surface area contributed by atoms with Crippen molar-refractivity contribution in [3.8, 4) is 5.75 Å². The van der Waals surface area contributed by atoms with Crippen molar-refractivity contribution in [3.63, 3.8) is 0 Å². The second-order valence-corrected chi connectivity index (χ2v) is 3.57. The van der Waals surface area contributed by atoms with Gasteiger partial charge in [0.2, 0.25) is 5.75 Å². The molecule has 1 aliphatic rings. The molecule has 0 unspecified atom stereocenters. The highest BCUT2D eigenvalue weighted by molar-refractivity contribution is 5.49. The number of hydrogen-bond acceptors (Lipinski definition) is 4. The summed E-state index contributed by atoms with van der Waals surface area (Å²) in [5, 5.41) is 10.8. The van der Waals surface area contributed by atoms with Crippen LogP contribution in [0.2, 0.25) is 0 Å². The van der Waals surface area contributed by atoms with E-state index in [1.165, 1.54) is 6.20 Å². The molecule has 1 saturated carbocycles. The Morgan fingerprint density at radius 2 is 2.33 bits per heavy atom. The molecule has 0 aliphatic heterocycles. The second kappa shape index (κ2) is 3.84. The first-order valence-corrected chi connectivity index (χ1v) is 5.00. The lowest BCUT2D eigenvalue weighted by molar-refractivity contribution is -0.386. The molecule has 0 radical (unpaired) electrons. The van der Waals surface area contributed by atoms with Gasteiger partial charge in [0.1, 0.15) is 6.20 Å². The predicted octanol–water partition coefficient (Wildman–Crippen LogP) is 2.09. The zero-order valence-corrected chi connectivity index (χ0v) is 8.47. The molecule has 5 heteroatoms. The first kappa shape index (κ1) is 9.89. The fraction of sp³-hybridized carbons (Fsp3) is 0.500.